The topological polar surface area (TPSA) is 51.0 Å². The van der Waals surface area contributed by atoms with Crippen molar-refractivity contribution in [1.29, 1.82) is 0 Å². The van der Waals surface area contributed by atoms with Crippen molar-refractivity contribution in [1.82, 2.24) is 19.9 Å². The summed E-state index contributed by atoms with van der Waals surface area (Å²) < 4.78 is 1.98. The Kier molecular flexibility index (Phi) is 5.43. The van der Waals surface area contributed by atoms with Crippen molar-refractivity contribution in [2.24, 2.45) is 5.92 Å². The molecule has 1 aliphatic rings. The molecular formula is C17H24N4OS. The van der Waals surface area contributed by atoms with E-state index in [0.29, 0.717) is 5.92 Å². The molecule has 1 amide bonds. The molecule has 0 aliphatic carbocycles. The quantitative estimate of drug-likeness (QED) is 0.816. The highest BCUT2D eigenvalue weighted by atomic mass is 32.1. The van der Waals surface area contributed by atoms with Crippen LogP contribution in [0.5, 0.6) is 0 Å². The van der Waals surface area contributed by atoms with Crippen LogP contribution in [0.1, 0.15) is 48.7 Å². The average Bonchev–Trinajstić information content (AvgIpc) is 3.25. The van der Waals surface area contributed by atoms with Gasteiger partial charge in [-0.25, -0.2) is 0 Å². The molecule has 0 aromatic carbocycles. The van der Waals surface area contributed by atoms with E-state index in [-0.39, 0.29) is 5.91 Å². The second-order valence-electron chi connectivity index (χ2n) is 6.28. The molecule has 3 heterocycles. The van der Waals surface area contributed by atoms with Crippen LogP contribution in [-0.4, -0.2) is 38.9 Å². The summed E-state index contributed by atoms with van der Waals surface area (Å²) in [6.07, 6.45) is 7.54. The molecule has 2 aromatic heterocycles. The van der Waals surface area contributed by atoms with E-state index < -0.39 is 0 Å². The summed E-state index contributed by atoms with van der Waals surface area (Å²) in [5.74, 6) is 0.759. The zero-order valence-electron chi connectivity index (χ0n) is 13.6. The number of aromatic nitrogens is 3. The molecule has 23 heavy (non-hydrogen) atoms. The summed E-state index contributed by atoms with van der Waals surface area (Å²) in [7, 11) is 0. The molecule has 3 rings (SSSR count). The van der Waals surface area contributed by atoms with Crippen molar-refractivity contribution < 1.29 is 4.79 Å². The van der Waals surface area contributed by atoms with Gasteiger partial charge in [-0.1, -0.05) is 18.6 Å². The lowest BCUT2D eigenvalue weighted by molar-refractivity contribution is 0.0681. The first-order valence-corrected chi connectivity index (χ1v) is 9.41. The van der Waals surface area contributed by atoms with Crippen LogP contribution in [0, 0.1) is 5.92 Å². The highest BCUT2D eigenvalue weighted by molar-refractivity contribution is 7.08. The van der Waals surface area contributed by atoms with Crippen LogP contribution in [-0.2, 0) is 13.0 Å². The molecule has 0 radical (unpaired) electrons. The molecule has 1 saturated heterocycles. The van der Waals surface area contributed by atoms with Gasteiger partial charge in [-0.2, -0.15) is 11.3 Å². The van der Waals surface area contributed by atoms with Gasteiger partial charge < -0.3 is 4.90 Å². The van der Waals surface area contributed by atoms with Crippen LogP contribution in [0.2, 0.25) is 0 Å². The van der Waals surface area contributed by atoms with E-state index in [1.165, 1.54) is 12.8 Å². The van der Waals surface area contributed by atoms with Crippen molar-refractivity contribution in [3.8, 4) is 0 Å². The van der Waals surface area contributed by atoms with Crippen LogP contribution >= 0.6 is 11.3 Å². The van der Waals surface area contributed by atoms with Crippen molar-refractivity contribution in [2.45, 2.75) is 45.6 Å². The molecule has 0 spiro atoms. The zero-order valence-corrected chi connectivity index (χ0v) is 14.5. The van der Waals surface area contributed by atoms with Gasteiger partial charge in [0.25, 0.3) is 5.91 Å². The predicted octanol–water partition coefficient (Wildman–Crippen LogP) is 3.23. The van der Waals surface area contributed by atoms with Crippen LogP contribution in [0.3, 0.4) is 0 Å². The second kappa shape index (κ2) is 7.73. The minimum Gasteiger partial charge on any atom is -0.339 e. The third kappa shape index (κ3) is 4.19. The molecule has 0 bridgehead atoms. The number of amides is 1. The van der Waals surface area contributed by atoms with Crippen molar-refractivity contribution >= 4 is 17.2 Å². The predicted molar refractivity (Wildman–Crippen MR) is 91.6 cm³/mol. The minimum atomic E-state index is 0.173. The lowest BCUT2D eigenvalue weighted by Crippen LogP contribution is -2.39. The number of piperidine rings is 1. The molecule has 0 atom stereocenters. The third-order valence-electron chi connectivity index (χ3n) is 4.49. The molecule has 2 aromatic rings. The molecular weight excluding hydrogens is 308 g/mol. The number of rotatable bonds is 6. The molecule has 1 fully saturated rings. The summed E-state index contributed by atoms with van der Waals surface area (Å²) in [5.41, 5.74) is 1.92. The Labute approximate surface area is 141 Å². The molecule has 5 nitrogen and oxygen atoms in total. The van der Waals surface area contributed by atoms with E-state index in [1.807, 2.05) is 26.4 Å². The molecule has 0 N–H and O–H groups in total. The number of aryl methyl sites for hydroxylation is 1. The smallest absolute Gasteiger partial charge is 0.254 e. The maximum absolute atomic E-state index is 12.3. The van der Waals surface area contributed by atoms with E-state index in [2.05, 4.69) is 23.4 Å². The highest BCUT2D eigenvalue weighted by Gasteiger charge is 2.24. The summed E-state index contributed by atoms with van der Waals surface area (Å²) in [6, 6.07) is 1.91. The van der Waals surface area contributed by atoms with Gasteiger partial charge in [-0.05, 0) is 43.0 Å². The fraction of sp³-hybridized carbons (Fsp3) is 0.588. The molecule has 0 unspecified atom stereocenters. The zero-order chi connectivity index (χ0) is 16.1. The number of likely N-dealkylation sites (tertiary alicyclic amines) is 1. The first-order chi connectivity index (χ1) is 11.3. The number of unbranched alkanes of at least 4 members (excludes halogenated alkanes) is 1. The number of carbonyl (C=O) groups excluding carboxylic acids is 1. The Morgan fingerprint density at radius 2 is 2.22 bits per heavy atom. The van der Waals surface area contributed by atoms with Gasteiger partial charge in [0.1, 0.15) is 0 Å². The third-order valence-corrected chi connectivity index (χ3v) is 5.17. The van der Waals surface area contributed by atoms with Gasteiger partial charge in [0.15, 0.2) is 0 Å². The lowest BCUT2D eigenvalue weighted by atomic mass is 9.96. The minimum absolute atomic E-state index is 0.173. The van der Waals surface area contributed by atoms with E-state index in [0.717, 1.165) is 50.2 Å². The Morgan fingerprint density at radius 3 is 2.91 bits per heavy atom. The Balaban J connectivity index is 1.47. The molecule has 6 heteroatoms. The maximum Gasteiger partial charge on any atom is 0.254 e. The number of hydrogen-bond donors (Lipinski definition) is 0. The number of thiophene rings is 1. The average molecular weight is 332 g/mol. The summed E-state index contributed by atoms with van der Waals surface area (Å²) >= 11 is 1.58. The lowest BCUT2D eigenvalue weighted by Gasteiger charge is -2.31. The van der Waals surface area contributed by atoms with Crippen molar-refractivity contribution in [2.75, 3.05) is 13.1 Å². The Bertz CT molecular complexity index is 614. The van der Waals surface area contributed by atoms with Gasteiger partial charge in [-0.3, -0.25) is 9.48 Å². The van der Waals surface area contributed by atoms with E-state index >= 15 is 0 Å². The fourth-order valence-electron chi connectivity index (χ4n) is 3.05. The molecule has 124 valence electrons. The van der Waals surface area contributed by atoms with E-state index in [4.69, 9.17) is 0 Å². The van der Waals surface area contributed by atoms with Crippen LogP contribution in [0.15, 0.2) is 23.0 Å². The normalized spacial score (nSPS) is 16.0. The van der Waals surface area contributed by atoms with Crippen molar-refractivity contribution in [3.05, 3.63) is 34.3 Å². The second-order valence-corrected chi connectivity index (χ2v) is 7.06. The van der Waals surface area contributed by atoms with Gasteiger partial charge in [0.05, 0.1) is 11.3 Å². The van der Waals surface area contributed by atoms with Gasteiger partial charge in [0, 0.05) is 31.2 Å². The van der Waals surface area contributed by atoms with Crippen LogP contribution in [0.25, 0.3) is 0 Å². The summed E-state index contributed by atoms with van der Waals surface area (Å²) in [6.45, 7) is 4.79. The van der Waals surface area contributed by atoms with E-state index in [1.54, 1.807) is 11.3 Å². The van der Waals surface area contributed by atoms with Gasteiger partial charge in [0.2, 0.25) is 0 Å². The largest absolute Gasteiger partial charge is 0.339 e. The Hall–Kier alpha value is -1.69. The highest BCUT2D eigenvalue weighted by Crippen LogP contribution is 2.21. The van der Waals surface area contributed by atoms with Crippen LogP contribution in [0.4, 0.5) is 0 Å². The summed E-state index contributed by atoms with van der Waals surface area (Å²) in [4.78, 5) is 14.3. The number of hydrogen-bond acceptors (Lipinski definition) is 4. The van der Waals surface area contributed by atoms with Gasteiger partial charge >= 0.3 is 0 Å². The maximum atomic E-state index is 12.3. The standard InChI is InChI=1S/C17H24N4OS/c1-2-3-4-16-12-21(19-18-16)11-14-5-8-20(9-6-14)17(22)15-7-10-23-13-15/h7,10,12-14H,2-6,8-9,11H2,1H3. The van der Waals surface area contributed by atoms with Crippen molar-refractivity contribution in [3.63, 3.8) is 0 Å². The summed E-state index contributed by atoms with van der Waals surface area (Å²) in [5, 5.41) is 12.4. The van der Waals surface area contributed by atoms with Gasteiger partial charge in [-0.15, -0.1) is 5.10 Å². The molecule has 0 saturated carbocycles. The fourth-order valence-corrected chi connectivity index (χ4v) is 3.68. The number of carbonyl (C=O) groups is 1. The first-order valence-electron chi connectivity index (χ1n) is 8.46. The SMILES string of the molecule is CCCCc1cn(CC2CCN(C(=O)c3ccsc3)CC2)nn1. The van der Waals surface area contributed by atoms with E-state index in [9.17, 15) is 4.79 Å². The van der Waals surface area contributed by atoms with Crippen LogP contribution < -0.4 is 0 Å². The Morgan fingerprint density at radius 1 is 1.39 bits per heavy atom. The molecule has 1 aliphatic heterocycles. The monoisotopic (exact) mass is 332 g/mol. The first kappa shape index (κ1) is 16.2. The number of nitrogens with zero attached hydrogens (tertiary/aromatic N) is 4.